The number of benzene rings is 4. The van der Waals surface area contributed by atoms with Gasteiger partial charge in [0.1, 0.15) is 0 Å². The van der Waals surface area contributed by atoms with Crippen molar-refractivity contribution in [3.05, 3.63) is 134 Å². The molecule has 4 aromatic heterocycles. The predicted molar refractivity (Wildman–Crippen MR) is 167 cm³/mol. The van der Waals surface area contributed by atoms with E-state index in [1.807, 2.05) is 49.1 Å². The van der Waals surface area contributed by atoms with Crippen LogP contribution in [0.15, 0.2) is 134 Å². The molecule has 0 atom stereocenters. The van der Waals surface area contributed by atoms with Gasteiger partial charge in [0.05, 0.1) is 0 Å². The second-order valence-corrected chi connectivity index (χ2v) is 10.1. The zero-order valence-corrected chi connectivity index (χ0v) is 22.4. The molecule has 6 nitrogen and oxygen atoms in total. The van der Waals surface area contributed by atoms with E-state index >= 15 is 0 Å². The molecule has 4 heterocycles. The summed E-state index contributed by atoms with van der Waals surface area (Å²) < 4.78 is 0. The molecule has 0 saturated carbocycles. The van der Waals surface area contributed by atoms with Crippen LogP contribution in [0.4, 0.5) is 0 Å². The lowest BCUT2D eigenvalue weighted by Crippen LogP contribution is -2.01. The Morgan fingerprint density at radius 1 is 0.333 bits per heavy atom. The Morgan fingerprint density at radius 3 is 1.24 bits per heavy atom. The molecular formula is C36H22N6. The number of aromatic nitrogens is 6. The van der Waals surface area contributed by atoms with Gasteiger partial charge in [-0.15, -0.1) is 0 Å². The molecule has 8 aromatic rings. The molecule has 0 aliphatic rings. The van der Waals surface area contributed by atoms with Crippen molar-refractivity contribution in [2.45, 2.75) is 0 Å². The summed E-state index contributed by atoms with van der Waals surface area (Å²) in [5.41, 5.74) is 5.06. The van der Waals surface area contributed by atoms with Gasteiger partial charge in [-0.2, -0.15) is 0 Å². The van der Waals surface area contributed by atoms with Crippen molar-refractivity contribution in [2.24, 2.45) is 0 Å². The van der Waals surface area contributed by atoms with Crippen LogP contribution < -0.4 is 0 Å². The fourth-order valence-corrected chi connectivity index (χ4v) is 5.55. The van der Waals surface area contributed by atoms with Crippen molar-refractivity contribution in [2.75, 3.05) is 0 Å². The maximum Gasteiger partial charge on any atom is 0.164 e. The molecule has 0 aliphatic heterocycles. The Hall–Kier alpha value is -5.88. The second-order valence-electron chi connectivity index (χ2n) is 10.1. The van der Waals surface area contributed by atoms with Crippen molar-refractivity contribution in [1.82, 2.24) is 29.9 Å². The van der Waals surface area contributed by atoms with E-state index in [0.717, 1.165) is 54.7 Å². The van der Waals surface area contributed by atoms with Crippen molar-refractivity contribution in [3.63, 3.8) is 0 Å². The third-order valence-electron chi connectivity index (χ3n) is 7.61. The molecule has 6 heteroatoms. The lowest BCUT2D eigenvalue weighted by atomic mass is 9.98. The lowest BCUT2D eigenvalue weighted by molar-refractivity contribution is 1.08. The van der Waals surface area contributed by atoms with Crippen LogP contribution in [0.3, 0.4) is 0 Å². The molecule has 0 radical (unpaired) electrons. The van der Waals surface area contributed by atoms with E-state index in [9.17, 15) is 0 Å². The zero-order chi connectivity index (χ0) is 27.9. The summed E-state index contributed by atoms with van der Waals surface area (Å²) in [7, 11) is 0. The van der Waals surface area contributed by atoms with Crippen LogP contribution in [-0.2, 0) is 0 Å². The summed E-state index contributed by atoms with van der Waals surface area (Å²) in [6, 6.07) is 33.0. The van der Waals surface area contributed by atoms with Crippen molar-refractivity contribution in [1.29, 1.82) is 0 Å². The van der Waals surface area contributed by atoms with Gasteiger partial charge < -0.3 is 0 Å². The number of pyridine rings is 3. The zero-order valence-electron chi connectivity index (χ0n) is 22.4. The van der Waals surface area contributed by atoms with E-state index in [0.29, 0.717) is 17.5 Å². The van der Waals surface area contributed by atoms with Crippen LogP contribution in [0.1, 0.15) is 0 Å². The van der Waals surface area contributed by atoms with Gasteiger partial charge in [-0.1, -0.05) is 78.9 Å². The minimum absolute atomic E-state index is 0.612. The standard InChI is InChI=1S/C36H22N6/c1-4-25-20-37-17-14-29(25)28(7-1)23-10-12-24(13-11-23)34-40-35(32-8-2-5-26-21-38-18-15-30(26)32)42-36(41-34)33-9-3-6-27-22-39-19-16-31(27)33/h1-22H. The van der Waals surface area contributed by atoms with Crippen LogP contribution in [0.5, 0.6) is 0 Å². The van der Waals surface area contributed by atoms with Gasteiger partial charge in [0.2, 0.25) is 0 Å². The van der Waals surface area contributed by atoms with Crippen LogP contribution in [0.2, 0.25) is 0 Å². The minimum atomic E-state index is 0.612. The first-order valence-corrected chi connectivity index (χ1v) is 13.7. The van der Waals surface area contributed by atoms with Crippen LogP contribution in [-0.4, -0.2) is 29.9 Å². The van der Waals surface area contributed by atoms with Crippen molar-refractivity contribution in [3.8, 4) is 45.3 Å². The van der Waals surface area contributed by atoms with Crippen LogP contribution >= 0.6 is 0 Å². The predicted octanol–water partition coefficient (Wildman–Crippen LogP) is 8.18. The average molecular weight is 539 g/mol. The number of hydrogen-bond donors (Lipinski definition) is 0. The summed E-state index contributed by atoms with van der Waals surface area (Å²) in [5, 5.41) is 6.42. The first kappa shape index (κ1) is 24.0. The number of nitrogens with zero attached hydrogens (tertiary/aromatic N) is 6. The van der Waals surface area contributed by atoms with E-state index in [-0.39, 0.29) is 0 Å². The third-order valence-corrected chi connectivity index (χ3v) is 7.61. The molecule has 0 bridgehead atoms. The first-order valence-electron chi connectivity index (χ1n) is 13.7. The summed E-state index contributed by atoms with van der Waals surface area (Å²) in [6.07, 6.45) is 11.1. The molecule has 0 aliphatic carbocycles. The minimum Gasteiger partial charge on any atom is -0.264 e. The van der Waals surface area contributed by atoms with Crippen LogP contribution in [0.25, 0.3) is 77.6 Å². The Balaban J connectivity index is 1.31. The molecule has 4 aromatic carbocycles. The molecule has 0 amide bonds. The van der Waals surface area contributed by atoms with Gasteiger partial charge in [-0.25, -0.2) is 15.0 Å². The highest BCUT2D eigenvalue weighted by Gasteiger charge is 2.16. The summed E-state index contributed by atoms with van der Waals surface area (Å²) in [4.78, 5) is 27.9. The Bertz CT molecular complexity index is 2150. The van der Waals surface area contributed by atoms with Gasteiger partial charge in [-0.05, 0) is 45.5 Å². The van der Waals surface area contributed by atoms with Crippen molar-refractivity contribution < 1.29 is 0 Å². The van der Waals surface area contributed by atoms with Gasteiger partial charge in [0.25, 0.3) is 0 Å². The number of fused-ring (bicyclic) bond motifs is 3. The second kappa shape index (κ2) is 9.94. The van der Waals surface area contributed by atoms with Crippen molar-refractivity contribution >= 4 is 32.3 Å². The van der Waals surface area contributed by atoms with E-state index in [1.54, 1.807) is 12.4 Å². The summed E-state index contributed by atoms with van der Waals surface area (Å²) >= 11 is 0. The van der Waals surface area contributed by atoms with E-state index in [4.69, 9.17) is 15.0 Å². The highest BCUT2D eigenvalue weighted by Crippen LogP contribution is 2.33. The highest BCUT2D eigenvalue weighted by molar-refractivity contribution is 5.98. The van der Waals surface area contributed by atoms with Crippen LogP contribution in [0, 0.1) is 0 Å². The monoisotopic (exact) mass is 538 g/mol. The summed E-state index contributed by atoms with van der Waals surface area (Å²) in [6.45, 7) is 0. The summed E-state index contributed by atoms with van der Waals surface area (Å²) in [5.74, 6) is 1.84. The van der Waals surface area contributed by atoms with Gasteiger partial charge >= 0.3 is 0 Å². The molecule has 0 unspecified atom stereocenters. The van der Waals surface area contributed by atoms with E-state index < -0.39 is 0 Å². The normalized spacial score (nSPS) is 11.3. The Labute approximate surface area is 241 Å². The highest BCUT2D eigenvalue weighted by atomic mass is 15.0. The first-order chi connectivity index (χ1) is 20.8. The number of rotatable bonds is 4. The quantitative estimate of drug-likeness (QED) is 0.225. The lowest BCUT2D eigenvalue weighted by Gasteiger charge is -2.12. The maximum atomic E-state index is 5.03. The fourth-order valence-electron chi connectivity index (χ4n) is 5.55. The van der Waals surface area contributed by atoms with E-state index in [2.05, 4.69) is 87.7 Å². The molecule has 42 heavy (non-hydrogen) atoms. The SMILES string of the molecule is c1cc(-c2ccc(-c3nc(-c4cccc5cnccc45)nc(-c4cccc5cnccc45)n3)cc2)c2ccncc2c1. The third kappa shape index (κ3) is 4.14. The average Bonchev–Trinajstić information content (AvgIpc) is 3.07. The van der Waals surface area contributed by atoms with Gasteiger partial charge in [-0.3, -0.25) is 15.0 Å². The number of hydrogen-bond acceptors (Lipinski definition) is 6. The largest absolute Gasteiger partial charge is 0.264 e. The molecule has 196 valence electrons. The van der Waals surface area contributed by atoms with E-state index in [1.165, 1.54) is 5.39 Å². The topological polar surface area (TPSA) is 77.3 Å². The molecule has 8 rings (SSSR count). The molecular weight excluding hydrogens is 516 g/mol. The molecule has 0 N–H and O–H groups in total. The molecule has 0 fully saturated rings. The van der Waals surface area contributed by atoms with Gasteiger partial charge in [0.15, 0.2) is 17.5 Å². The smallest absolute Gasteiger partial charge is 0.164 e. The van der Waals surface area contributed by atoms with Gasteiger partial charge in [0, 0.05) is 70.0 Å². The maximum absolute atomic E-state index is 5.03. The molecule has 0 spiro atoms. The molecule has 0 saturated heterocycles. The Morgan fingerprint density at radius 2 is 0.738 bits per heavy atom. The Kier molecular flexibility index (Phi) is 5.67. The fraction of sp³-hybridized carbons (Fsp3) is 0.